The smallest absolute Gasteiger partial charge is 0.338 e. The molecule has 5 nitrogen and oxygen atoms in total. The fourth-order valence-electron chi connectivity index (χ4n) is 1.93. The lowest BCUT2D eigenvalue weighted by Gasteiger charge is -2.07. The van der Waals surface area contributed by atoms with Gasteiger partial charge in [-0.2, -0.15) is 0 Å². The number of carbonyl (C=O) groups excluding carboxylic acids is 2. The van der Waals surface area contributed by atoms with E-state index in [1.807, 2.05) is 13.8 Å². The van der Waals surface area contributed by atoms with Crippen LogP contribution in [0.3, 0.4) is 0 Å². The lowest BCUT2D eigenvalue weighted by Crippen LogP contribution is -2.12. The summed E-state index contributed by atoms with van der Waals surface area (Å²) in [6.07, 6.45) is 0.770. The zero-order chi connectivity index (χ0) is 16.1. The highest BCUT2D eigenvalue weighted by molar-refractivity contribution is 7.13. The second-order valence-corrected chi connectivity index (χ2v) is 6.02. The van der Waals surface area contributed by atoms with E-state index in [9.17, 15) is 9.59 Å². The largest absolute Gasteiger partial charge is 0.462 e. The number of aromatic nitrogens is 1. The molecule has 0 saturated carbocycles. The fourth-order valence-corrected chi connectivity index (χ4v) is 2.75. The summed E-state index contributed by atoms with van der Waals surface area (Å²) in [7, 11) is 0. The van der Waals surface area contributed by atoms with Gasteiger partial charge in [0.15, 0.2) is 0 Å². The Morgan fingerprint density at radius 1 is 1.32 bits per heavy atom. The molecule has 1 aromatic carbocycles. The van der Waals surface area contributed by atoms with Crippen molar-refractivity contribution in [3.05, 3.63) is 45.4 Å². The van der Waals surface area contributed by atoms with Gasteiger partial charge in [-0.15, -0.1) is 11.3 Å². The van der Waals surface area contributed by atoms with Gasteiger partial charge in [0.2, 0.25) is 0 Å². The summed E-state index contributed by atoms with van der Waals surface area (Å²) in [5.74, 6) is -0.607. The van der Waals surface area contributed by atoms with Crippen molar-refractivity contribution in [1.82, 2.24) is 4.98 Å². The summed E-state index contributed by atoms with van der Waals surface area (Å²) in [6, 6.07) is 6.72. The molecule has 0 unspecified atom stereocenters. The van der Waals surface area contributed by atoms with Gasteiger partial charge >= 0.3 is 5.97 Å². The molecule has 2 rings (SSSR count). The van der Waals surface area contributed by atoms with Crippen LogP contribution in [0.4, 0.5) is 5.69 Å². The molecule has 22 heavy (non-hydrogen) atoms. The number of nitrogens with one attached hydrogen (secondary N) is 1. The van der Waals surface area contributed by atoms with Crippen LogP contribution in [-0.4, -0.2) is 23.5 Å². The first-order valence-corrected chi connectivity index (χ1v) is 7.85. The molecule has 0 aliphatic rings. The molecule has 116 valence electrons. The minimum Gasteiger partial charge on any atom is -0.462 e. The highest BCUT2D eigenvalue weighted by Gasteiger charge is 2.15. The van der Waals surface area contributed by atoms with Crippen LogP contribution in [0.1, 0.15) is 44.1 Å². The molecule has 0 radical (unpaired) electrons. The SMILES string of the molecule is CCCOC(=O)c1cccc(NC(=O)c2sc(C)nc2C)c1. The van der Waals surface area contributed by atoms with Crippen molar-refractivity contribution in [2.75, 3.05) is 11.9 Å². The number of benzene rings is 1. The minimum absolute atomic E-state index is 0.220. The van der Waals surface area contributed by atoms with Crippen LogP contribution in [-0.2, 0) is 4.74 Å². The number of hydrogen-bond donors (Lipinski definition) is 1. The predicted octanol–water partition coefficient (Wildman–Crippen LogP) is 3.58. The first-order valence-electron chi connectivity index (χ1n) is 7.03. The molecule has 1 N–H and O–H groups in total. The average Bonchev–Trinajstić information content (AvgIpc) is 2.84. The van der Waals surface area contributed by atoms with Gasteiger partial charge in [-0.1, -0.05) is 13.0 Å². The Kier molecular flexibility index (Phi) is 5.27. The zero-order valence-corrected chi connectivity index (χ0v) is 13.6. The van der Waals surface area contributed by atoms with E-state index in [-0.39, 0.29) is 11.9 Å². The third-order valence-electron chi connectivity index (χ3n) is 2.90. The Morgan fingerprint density at radius 3 is 2.73 bits per heavy atom. The van der Waals surface area contributed by atoms with Gasteiger partial charge in [0.05, 0.1) is 22.9 Å². The van der Waals surface area contributed by atoms with Crippen LogP contribution < -0.4 is 5.32 Å². The average molecular weight is 318 g/mol. The molecule has 0 fully saturated rings. The van der Waals surface area contributed by atoms with Crippen LogP contribution in [0.2, 0.25) is 0 Å². The second kappa shape index (κ2) is 7.17. The maximum absolute atomic E-state index is 12.2. The Labute approximate surface area is 133 Å². The van der Waals surface area contributed by atoms with Gasteiger partial charge in [-0.05, 0) is 38.5 Å². The number of aryl methyl sites for hydroxylation is 2. The molecule has 6 heteroatoms. The van der Waals surface area contributed by atoms with E-state index in [0.717, 1.165) is 11.4 Å². The van der Waals surface area contributed by atoms with Gasteiger partial charge in [0, 0.05) is 5.69 Å². The van der Waals surface area contributed by atoms with Gasteiger partial charge in [0.1, 0.15) is 4.88 Å². The van der Waals surface area contributed by atoms with Crippen molar-refractivity contribution in [2.45, 2.75) is 27.2 Å². The topological polar surface area (TPSA) is 68.3 Å². The number of esters is 1. The predicted molar refractivity (Wildman–Crippen MR) is 86.6 cm³/mol. The molecule has 1 aromatic heterocycles. The Bertz CT molecular complexity index is 694. The maximum Gasteiger partial charge on any atom is 0.338 e. The van der Waals surface area contributed by atoms with E-state index < -0.39 is 0 Å². The van der Waals surface area contributed by atoms with Gasteiger partial charge in [0.25, 0.3) is 5.91 Å². The number of carbonyl (C=O) groups is 2. The summed E-state index contributed by atoms with van der Waals surface area (Å²) >= 11 is 1.35. The number of amides is 1. The number of hydrogen-bond acceptors (Lipinski definition) is 5. The lowest BCUT2D eigenvalue weighted by atomic mass is 10.2. The lowest BCUT2D eigenvalue weighted by molar-refractivity contribution is 0.0505. The molecule has 0 aliphatic carbocycles. The quantitative estimate of drug-likeness (QED) is 0.856. The van der Waals surface area contributed by atoms with E-state index in [2.05, 4.69) is 10.3 Å². The normalized spacial score (nSPS) is 10.3. The van der Waals surface area contributed by atoms with Crippen molar-refractivity contribution in [1.29, 1.82) is 0 Å². The van der Waals surface area contributed by atoms with E-state index in [0.29, 0.717) is 28.4 Å². The number of ether oxygens (including phenoxy) is 1. The van der Waals surface area contributed by atoms with Crippen molar-refractivity contribution in [2.24, 2.45) is 0 Å². The number of thiazole rings is 1. The summed E-state index contributed by atoms with van der Waals surface area (Å²) in [5, 5.41) is 3.63. The fraction of sp³-hybridized carbons (Fsp3) is 0.312. The molecule has 0 bridgehead atoms. The molecular weight excluding hydrogens is 300 g/mol. The third-order valence-corrected chi connectivity index (χ3v) is 3.97. The Morgan fingerprint density at radius 2 is 2.09 bits per heavy atom. The van der Waals surface area contributed by atoms with E-state index in [1.54, 1.807) is 31.2 Å². The molecule has 0 aliphatic heterocycles. The molecule has 1 heterocycles. The molecular formula is C16H18N2O3S. The van der Waals surface area contributed by atoms with Crippen LogP contribution in [0.5, 0.6) is 0 Å². The first kappa shape index (κ1) is 16.2. The highest BCUT2D eigenvalue weighted by Crippen LogP contribution is 2.19. The van der Waals surface area contributed by atoms with E-state index in [4.69, 9.17) is 4.74 Å². The number of nitrogens with zero attached hydrogens (tertiary/aromatic N) is 1. The summed E-state index contributed by atoms with van der Waals surface area (Å²) in [5.41, 5.74) is 1.68. The van der Waals surface area contributed by atoms with Crippen molar-refractivity contribution in [3.63, 3.8) is 0 Å². The Balaban J connectivity index is 2.11. The molecule has 0 saturated heterocycles. The molecule has 0 atom stereocenters. The van der Waals surface area contributed by atoms with Crippen LogP contribution in [0.15, 0.2) is 24.3 Å². The summed E-state index contributed by atoms with van der Waals surface area (Å²) in [6.45, 7) is 5.98. The van der Waals surface area contributed by atoms with Crippen molar-refractivity contribution < 1.29 is 14.3 Å². The van der Waals surface area contributed by atoms with E-state index in [1.165, 1.54) is 11.3 Å². The van der Waals surface area contributed by atoms with Crippen molar-refractivity contribution >= 4 is 28.9 Å². The second-order valence-electron chi connectivity index (χ2n) is 4.82. The van der Waals surface area contributed by atoms with Gasteiger partial charge in [-0.25, -0.2) is 9.78 Å². The van der Waals surface area contributed by atoms with Crippen LogP contribution in [0.25, 0.3) is 0 Å². The maximum atomic E-state index is 12.2. The summed E-state index contributed by atoms with van der Waals surface area (Å²) < 4.78 is 5.08. The van der Waals surface area contributed by atoms with Gasteiger partial charge in [-0.3, -0.25) is 4.79 Å². The van der Waals surface area contributed by atoms with Gasteiger partial charge < -0.3 is 10.1 Å². The summed E-state index contributed by atoms with van der Waals surface area (Å²) in [4.78, 5) is 28.9. The standard InChI is InChI=1S/C16H18N2O3S/c1-4-8-21-16(20)12-6-5-7-13(9-12)18-15(19)14-10(2)17-11(3)22-14/h5-7,9H,4,8H2,1-3H3,(H,18,19). The zero-order valence-electron chi connectivity index (χ0n) is 12.8. The van der Waals surface area contributed by atoms with Crippen molar-refractivity contribution in [3.8, 4) is 0 Å². The monoisotopic (exact) mass is 318 g/mol. The van der Waals surface area contributed by atoms with E-state index >= 15 is 0 Å². The number of anilines is 1. The van der Waals surface area contributed by atoms with Crippen LogP contribution >= 0.6 is 11.3 Å². The first-order chi connectivity index (χ1) is 10.5. The van der Waals surface area contributed by atoms with Crippen LogP contribution in [0, 0.1) is 13.8 Å². The Hall–Kier alpha value is -2.21. The molecule has 1 amide bonds. The number of rotatable bonds is 5. The molecule has 2 aromatic rings. The minimum atomic E-state index is -0.386. The third kappa shape index (κ3) is 3.92. The molecule has 0 spiro atoms. The highest BCUT2D eigenvalue weighted by atomic mass is 32.1.